The van der Waals surface area contributed by atoms with Crippen LogP contribution in [0.4, 0.5) is 13.2 Å². The van der Waals surface area contributed by atoms with Crippen LogP contribution in [0.5, 0.6) is 11.5 Å². The molecule has 0 aromatic heterocycles. The van der Waals surface area contributed by atoms with Crippen LogP contribution in [0.25, 0.3) is 0 Å². The maximum atomic E-state index is 14.0. The van der Waals surface area contributed by atoms with Gasteiger partial charge in [0.15, 0.2) is 11.5 Å². The number of rotatable bonds is 9. The number of esters is 1. The second kappa shape index (κ2) is 10.2. The Morgan fingerprint density at radius 3 is 2.16 bits per heavy atom. The average molecular weight is 441 g/mol. The summed E-state index contributed by atoms with van der Waals surface area (Å²) in [5.41, 5.74) is -2.66. The molecule has 0 radical (unpaired) electrons. The highest BCUT2D eigenvalue weighted by molar-refractivity contribution is 5.97. The van der Waals surface area contributed by atoms with E-state index in [0.29, 0.717) is 17.1 Å². The Labute approximate surface area is 177 Å². The molecule has 0 aliphatic heterocycles. The van der Waals surface area contributed by atoms with Gasteiger partial charge < -0.3 is 19.5 Å². The maximum absolute atomic E-state index is 14.0. The van der Waals surface area contributed by atoms with Crippen LogP contribution in [-0.4, -0.2) is 51.6 Å². The summed E-state index contributed by atoms with van der Waals surface area (Å²) in [4.78, 5) is 24.7. The molecule has 1 amide bonds. The van der Waals surface area contributed by atoms with Gasteiger partial charge >= 0.3 is 17.8 Å². The van der Waals surface area contributed by atoms with Crippen LogP contribution in [0, 0.1) is 0 Å². The first-order chi connectivity index (χ1) is 14.7. The lowest BCUT2D eigenvalue weighted by Crippen LogP contribution is -3.07. The molecule has 0 heterocycles. The molecule has 1 atom stereocenters. The number of nitrogens with two attached hydrogens (primary N) is 1. The summed E-state index contributed by atoms with van der Waals surface area (Å²) in [6.45, 7) is -0.181. The number of quaternary nitrogens is 1. The topological polar surface area (TPSA) is 90.5 Å². The van der Waals surface area contributed by atoms with Crippen molar-refractivity contribution in [2.24, 2.45) is 0 Å². The number of benzene rings is 2. The predicted molar refractivity (Wildman–Crippen MR) is 105 cm³/mol. The van der Waals surface area contributed by atoms with Crippen molar-refractivity contribution in [3.8, 4) is 11.5 Å². The lowest BCUT2D eigenvalue weighted by molar-refractivity contribution is -0.743. The standard InChI is InChI=1S/C21H23F3N2O5/c1-29-16-10-9-14(13-17(16)30-2)11-12-25-20(19(28)31-3,21(22,23)24)26-18(27)15-7-5-4-6-8-15/h4-10,13,25H,11-12H2,1-3H3,(H,26,27)/p+1/t20-/m0/s1. The van der Waals surface area contributed by atoms with Gasteiger partial charge in [-0.3, -0.25) is 10.1 Å². The van der Waals surface area contributed by atoms with E-state index in [0.717, 1.165) is 12.4 Å². The van der Waals surface area contributed by atoms with E-state index in [4.69, 9.17) is 9.47 Å². The minimum atomic E-state index is -5.12. The summed E-state index contributed by atoms with van der Waals surface area (Å²) >= 11 is 0. The molecular weight excluding hydrogens is 417 g/mol. The Bertz CT molecular complexity index is 906. The minimum absolute atomic E-state index is 0.0201. The second-order valence-corrected chi connectivity index (χ2v) is 6.55. The number of ether oxygens (including phenoxy) is 3. The molecule has 0 aliphatic rings. The lowest BCUT2D eigenvalue weighted by atomic mass is 10.1. The predicted octanol–water partition coefficient (Wildman–Crippen LogP) is 1.67. The summed E-state index contributed by atoms with van der Waals surface area (Å²) in [5, 5.41) is 2.54. The largest absolute Gasteiger partial charge is 0.493 e. The third kappa shape index (κ3) is 5.46. The number of alkyl halides is 3. The Balaban J connectivity index is 2.26. The van der Waals surface area contributed by atoms with Crippen molar-refractivity contribution in [3.05, 3.63) is 59.7 Å². The van der Waals surface area contributed by atoms with E-state index in [9.17, 15) is 22.8 Å². The smallest absolute Gasteiger partial charge is 0.478 e. The fourth-order valence-electron chi connectivity index (χ4n) is 2.98. The van der Waals surface area contributed by atoms with Crippen molar-refractivity contribution in [1.82, 2.24) is 5.32 Å². The van der Waals surface area contributed by atoms with E-state index < -0.39 is 23.7 Å². The Kier molecular flexibility index (Phi) is 7.87. The Morgan fingerprint density at radius 2 is 1.61 bits per heavy atom. The highest BCUT2D eigenvalue weighted by Gasteiger charge is 2.67. The molecule has 2 aromatic carbocycles. The molecule has 168 valence electrons. The Hall–Kier alpha value is -3.27. The summed E-state index contributed by atoms with van der Waals surface area (Å²) < 4.78 is 56.9. The number of halogens is 3. The van der Waals surface area contributed by atoms with Crippen LogP contribution in [-0.2, 0) is 16.0 Å². The number of hydrogen-bond acceptors (Lipinski definition) is 5. The van der Waals surface area contributed by atoms with Gasteiger partial charge in [0.1, 0.15) is 0 Å². The molecular formula is C21H24F3N2O5+. The summed E-state index contributed by atoms with van der Waals surface area (Å²) in [5.74, 6) is -1.78. The molecule has 2 aromatic rings. The summed E-state index contributed by atoms with van der Waals surface area (Å²) in [7, 11) is 3.74. The SMILES string of the molecule is COC(=O)[C@@](NC(=O)c1ccccc1)([NH2+]CCc1ccc(OC)c(OC)c1)C(F)(F)F. The first kappa shape index (κ1) is 24.0. The first-order valence-electron chi connectivity index (χ1n) is 9.26. The van der Waals surface area contributed by atoms with Crippen molar-refractivity contribution in [1.29, 1.82) is 0 Å². The molecule has 2 rings (SSSR count). The van der Waals surface area contributed by atoms with Crippen LogP contribution >= 0.6 is 0 Å². The van der Waals surface area contributed by atoms with Crippen LogP contribution in [0.15, 0.2) is 48.5 Å². The fraction of sp³-hybridized carbons (Fsp3) is 0.333. The molecule has 0 spiro atoms. The van der Waals surface area contributed by atoms with Crippen molar-refractivity contribution < 1.29 is 42.3 Å². The highest BCUT2D eigenvalue weighted by Crippen LogP contribution is 2.28. The van der Waals surface area contributed by atoms with Crippen LogP contribution in [0.3, 0.4) is 0 Å². The quantitative estimate of drug-likeness (QED) is 0.457. The van der Waals surface area contributed by atoms with E-state index in [1.807, 2.05) is 5.32 Å². The molecule has 0 unspecified atom stereocenters. The fourth-order valence-corrected chi connectivity index (χ4v) is 2.98. The van der Waals surface area contributed by atoms with Crippen LogP contribution < -0.4 is 20.1 Å². The van der Waals surface area contributed by atoms with Crippen molar-refractivity contribution in [2.45, 2.75) is 18.3 Å². The van der Waals surface area contributed by atoms with Crippen molar-refractivity contribution in [2.75, 3.05) is 27.9 Å². The van der Waals surface area contributed by atoms with E-state index in [-0.39, 0.29) is 18.5 Å². The van der Waals surface area contributed by atoms with Crippen molar-refractivity contribution in [3.63, 3.8) is 0 Å². The number of carbonyl (C=O) groups excluding carboxylic acids is 2. The molecule has 3 N–H and O–H groups in total. The zero-order chi connectivity index (χ0) is 23.1. The number of carbonyl (C=O) groups is 2. The van der Waals surface area contributed by atoms with Gasteiger partial charge in [-0.05, 0) is 29.8 Å². The van der Waals surface area contributed by atoms with Gasteiger partial charge in [-0.2, -0.15) is 13.2 Å². The normalized spacial score (nSPS) is 13.1. The Morgan fingerprint density at radius 1 is 0.968 bits per heavy atom. The van der Waals surface area contributed by atoms with Gasteiger partial charge in [-0.1, -0.05) is 24.3 Å². The molecule has 10 heteroatoms. The first-order valence-corrected chi connectivity index (χ1v) is 9.26. The molecule has 31 heavy (non-hydrogen) atoms. The van der Waals surface area contributed by atoms with Gasteiger partial charge in [-0.15, -0.1) is 0 Å². The minimum Gasteiger partial charge on any atom is -0.493 e. The number of nitrogens with one attached hydrogen (secondary N) is 1. The van der Waals surface area contributed by atoms with Crippen LogP contribution in [0.1, 0.15) is 15.9 Å². The maximum Gasteiger partial charge on any atom is 0.478 e. The lowest BCUT2D eigenvalue weighted by Gasteiger charge is -2.31. The van der Waals surface area contributed by atoms with Gasteiger partial charge in [0.25, 0.3) is 5.91 Å². The number of hydrogen-bond donors (Lipinski definition) is 2. The second-order valence-electron chi connectivity index (χ2n) is 6.55. The van der Waals surface area contributed by atoms with Gasteiger partial charge in [0, 0.05) is 12.0 Å². The monoisotopic (exact) mass is 441 g/mol. The molecule has 0 bridgehead atoms. The highest BCUT2D eigenvalue weighted by atomic mass is 19.4. The van der Waals surface area contributed by atoms with Gasteiger partial charge in [0.2, 0.25) is 0 Å². The molecule has 0 fully saturated rings. The molecule has 0 saturated heterocycles. The molecule has 0 aliphatic carbocycles. The van der Waals surface area contributed by atoms with Gasteiger partial charge in [-0.25, -0.2) is 4.79 Å². The van der Waals surface area contributed by atoms with Crippen LogP contribution in [0.2, 0.25) is 0 Å². The van der Waals surface area contributed by atoms with Gasteiger partial charge in [0.05, 0.1) is 27.9 Å². The number of amides is 1. The zero-order valence-corrected chi connectivity index (χ0v) is 17.3. The van der Waals surface area contributed by atoms with E-state index >= 15 is 0 Å². The molecule has 0 saturated carbocycles. The van der Waals surface area contributed by atoms with E-state index in [1.165, 1.54) is 38.5 Å². The van der Waals surface area contributed by atoms with E-state index in [1.54, 1.807) is 24.3 Å². The van der Waals surface area contributed by atoms with Crippen molar-refractivity contribution >= 4 is 11.9 Å². The summed E-state index contributed by atoms with van der Waals surface area (Å²) in [6.07, 6.45) is -4.97. The third-order valence-corrected chi connectivity index (χ3v) is 4.63. The molecule has 7 nitrogen and oxygen atoms in total. The average Bonchev–Trinajstić information content (AvgIpc) is 2.77. The summed E-state index contributed by atoms with van der Waals surface area (Å²) in [6, 6.07) is 12.2. The zero-order valence-electron chi connectivity index (χ0n) is 17.3. The van der Waals surface area contributed by atoms with E-state index in [2.05, 4.69) is 4.74 Å². The number of methoxy groups -OCH3 is 3. The third-order valence-electron chi connectivity index (χ3n) is 4.63.